The van der Waals surface area contributed by atoms with E-state index in [-0.39, 0.29) is 0 Å². The van der Waals surface area contributed by atoms with Gasteiger partial charge in [0.05, 0.1) is 0 Å². The number of carbonyl (C=O) groups excluding carboxylic acids is 1. The number of nitrogens with zero attached hydrogens (tertiary/aromatic N) is 2. The van der Waals surface area contributed by atoms with E-state index < -0.39 is 0 Å². The van der Waals surface area contributed by atoms with Gasteiger partial charge in [0.1, 0.15) is 0 Å². The normalized spacial score (nSPS) is 32.8. The largest absolute Gasteiger partial charge is 0.345 e. The van der Waals surface area contributed by atoms with Crippen LogP contribution in [0.2, 0.25) is 0 Å². The molecule has 4 nitrogen and oxygen atoms in total. The number of hydrogen-bond acceptors (Lipinski definition) is 3. The molecule has 0 unspecified atom stereocenters. The Labute approximate surface area is 116 Å². The van der Waals surface area contributed by atoms with Gasteiger partial charge in [-0.2, -0.15) is 0 Å². The van der Waals surface area contributed by atoms with Crippen molar-refractivity contribution in [3.63, 3.8) is 0 Å². The van der Waals surface area contributed by atoms with Crippen LogP contribution in [0.1, 0.15) is 38.5 Å². The monoisotopic (exact) mass is 265 g/mol. The van der Waals surface area contributed by atoms with E-state index in [0.29, 0.717) is 11.3 Å². The van der Waals surface area contributed by atoms with Crippen LogP contribution >= 0.6 is 0 Å². The van der Waals surface area contributed by atoms with Crippen LogP contribution in [0.5, 0.6) is 0 Å². The number of likely N-dealkylation sites (tertiary alicyclic amines) is 2. The molecule has 0 aromatic heterocycles. The fourth-order valence-corrected chi connectivity index (χ4v) is 4.15. The molecule has 1 spiro atoms. The van der Waals surface area contributed by atoms with Crippen LogP contribution in [0, 0.1) is 5.41 Å². The third-order valence-corrected chi connectivity index (χ3v) is 5.51. The van der Waals surface area contributed by atoms with Gasteiger partial charge in [-0.15, -0.1) is 0 Å². The van der Waals surface area contributed by atoms with Gasteiger partial charge in [-0.05, 0) is 57.2 Å². The molecular formula is C15H27N3O. The van der Waals surface area contributed by atoms with Crippen LogP contribution < -0.4 is 5.32 Å². The lowest BCUT2D eigenvalue weighted by molar-refractivity contribution is -0.137. The first-order valence-electron chi connectivity index (χ1n) is 7.87. The van der Waals surface area contributed by atoms with E-state index in [1.807, 2.05) is 11.9 Å². The predicted octanol–water partition coefficient (Wildman–Crippen LogP) is 1.07. The topological polar surface area (TPSA) is 35.6 Å². The maximum Gasteiger partial charge on any atom is 0.222 e. The number of rotatable bonds is 1. The third-order valence-electron chi connectivity index (χ3n) is 5.51. The molecule has 0 aliphatic carbocycles. The molecule has 0 radical (unpaired) electrons. The second kappa shape index (κ2) is 5.41. The summed E-state index contributed by atoms with van der Waals surface area (Å²) in [7, 11) is 1.97. The van der Waals surface area contributed by atoms with Crippen molar-refractivity contribution in [2.45, 2.75) is 44.6 Å². The van der Waals surface area contributed by atoms with Gasteiger partial charge in [0.15, 0.2) is 0 Å². The highest BCUT2D eigenvalue weighted by Gasteiger charge is 2.40. The second-order valence-electron chi connectivity index (χ2n) is 6.79. The van der Waals surface area contributed by atoms with Crippen molar-refractivity contribution in [2.75, 3.05) is 39.8 Å². The Balaban J connectivity index is 1.55. The van der Waals surface area contributed by atoms with E-state index in [9.17, 15) is 4.79 Å². The molecule has 1 N–H and O–H groups in total. The molecule has 0 saturated carbocycles. The van der Waals surface area contributed by atoms with Crippen LogP contribution in [0.4, 0.5) is 0 Å². The Kier molecular flexibility index (Phi) is 3.81. The number of hydrogen-bond donors (Lipinski definition) is 1. The summed E-state index contributed by atoms with van der Waals surface area (Å²) in [5, 5.41) is 3.52. The maximum absolute atomic E-state index is 11.6. The van der Waals surface area contributed by atoms with Crippen molar-refractivity contribution in [2.24, 2.45) is 5.41 Å². The third kappa shape index (κ3) is 2.79. The Morgan fingerprint density at radius 2 is 2.05 bits per heavy atom. The zero-order valence-electron chi connectivity index (χ0n) is 12.2. The fraction of sp³-hybridized carbons (Fsp3) is 0.933. The number of piperidine rings is 3. The first-order chi connectivity index (χ1) is 9.19. The lowest BCUT2D eigenvalue weighted by Gasteiger charge is -2.48. The first-order valence-corrected chi connectivity index (χ1v) is 7.87. The molecule has 1 atom stereocenters. The SMILES string of the molecule is CN1CC2(CCC1=O)CCN([C@H]1CCCNC1)CC2. The highest BCUT2D eigenvalue weighted by atomic mass is 16.2. The maximum atomic E-state index is 11.6. The summed E-state index contributed by atoms with van der Waals surface area (Å²) in [5.41, 5.74) is 0.432. The highest BCUT2D eigenvalue weighted by molar-refractivity contribution is 5.76. The number of amides is 1. The summed E-state index contributed by atoms with van der Waals surface area (Å²) in [6, 6.07) is 0.758. The van der Waals surface area contributed by atoms with Crippen LogP contribution in [-0.2, 0) is 4.79 Å². The summed E-state index contributed by atoms with van der Waals surface area (Å²) >= 11 is 0. The van der Waals surface area contributed by atoms with Gasteiger partial charge in [0, 0.05) is 32.6 Å². The van der Waals surface area contributed by atoms with Gasteiger partial charge in [-0.1, -0.05) is 0 Å². The van der Waals surface area contributed by atoms with Crippen LogP contribution in [0.3, 0.4) is 0 Å². The Morgan fingerprint density at radius 1 is 1.26 bits per heavy atom. The van der Waals surface area contributed by atoms with Crippen LogP contribution in [-0.4, -0.2) is 61.5 Å². The van der Waals surface area contributed by atoms with E-state index in [2.05, 4.69) is 10.2 Å². The Hall–Kier alpha value is -0.610. The average Bonchev–Trinajstić information content (AvgIpc) is 2.45. The smallest absolute Gasteiger partial charge is 0.222 e. The minimum Gasteiger partial charge on any atom is -0.345 e. The highest BCUT2D eigenvalue weighted by Crippen LogP contribution is 2.40. The molecule has 3 saturated heterocycles. The quantitative estimate of drug-likeness (QED) is 0.770. The molecular weight excluding hydrogens is 238 g/mol. The zero-order valence-corrected chi connectivity index (χ0v) is 12.2. The van der Waals surface area contributed by atoms with E-state index in [1.54, 1.807) is 0 Å². The molecule has 1 amide bonds. The minimum absolute atomic E-state index is 0.338. The van der Waals surface area contributed by atoms with Crippen molar-refractivity contribution in [1.29, 1.82) is 0 Å². The summed E-state index contributed by atoms with van der Waals surface area (Å²) in [5.74, 6) is 0.338. The van der Waals surface area contributed by atoms with Crippen molar-refractivity contribution in [3.8, 4) is 0 Å². The average molecular weight is 265 g/mol. The molecule has 0 aromatic rings. The molecule has 3 aliphatic heterocycles. The van der Waals surface area contributed by atoms with Crippen molar-refractivity contribution in [3.05, 3.63) is 0 Å². The molecule has 0 bridgehead atoms. The van der Waals surface area contributed by atoms with Gasteiger partial charge in [-0.25, -0.2) is 0 Å². The van der Waals surface area contributed by atoms with Crippen LogP contribution in [0.15, 0.2) is 0 Å². The molecule has 108 valence electrons. The van der Waals surface area contributed by atoms with Gasteiger partial charge >= 0.3 is 0 Å². The summed E-state index contributed by atoms with van der Waals surface area (Å²) < 4.78 is 0. The molecule has 3 fully saturated rings. The first kappa shape index (κ1) is 13.4. The standard InChI is InChI=1S/C15H27N3O/c1-17-12-15(5-4-14(17)19)6-9-18(10-7-15)13-3-2-8-16-11-13/h13,16H,2-12H2,1H3/t13-/m0/s1. The van der Waals surface area contributed by atoms with Crippen molar-refractivity contribution in [1.82, 2.24) is 15.1 Å². The van der Waals surface area contributed by atoms with Crippen LogP contribution in [0.25, 0.3) is 0 Å². The van der Waals surface area contributed by atoms with Gasteiger partial charge in [0.2, 0.25) is 5.91 Å². The lowest BCUT2D eigenvalue weighted by Crippen LogP contribution is -2.54. The van der Waals surface area contributed by atoms with Gasteiger partial charge < -0.3 is 10.2 Å². The summed E-state index contributed by atoms with van der Waals surface area (Å²) in [6.07, 6.45) is 7.12. The molecule has 3 aliphatic rings. The number of carbonyl (C=O) groups is 1. The van der Waals surface area contributed by atoms with Gasteiger partial charge in [0.25, 0.3) is 0 Å². The minimum atomic E-state index is 0.338. The van der Waals surface area contributed by atoms with Crippen molar-refractivity contribution >= 4 is 5.91 Å². The molecule has 4 heteroatoms. The summed E-state index contributed by atoms with van der Waals surface area (Å²) in [6.45, 7) is 5.82. The zero-order chi connectivity index (χ0) is 13.3. The van der Waals surface area contributed by atoms with Gasteiger partial charge in [-0.3, -0.25) is 9.69 Å². The molecule has 19 heavy (non-hydrogen) atoms. The van der Waals surface area contributed by atoms with E-state index >= 15 is 0 Å². The number of nitrogens with one attached hydrogen (secondary N) is 1. The molecule has 3 rings (SSSR count). The predicted molar refractivity (Wildman–Crippen MR) is 76.0 cm³/mol. The Bertz CT molecular complexity index is 330. The summed E-state index contributed by atoms with van der Waals surface area (Å²) in [4.78, 5) is 16.3. The second-order valence-corrected chi connectivity index (χ2v) is 6.79. The van der Waals surface area contributed by atoms with E-state index in [0.717, 1.165) is 25.4 Å². The van der Waals surface area contributed by atoms with Crippen molar-refractivity contribution < 1.29 is 4.79 Å². The Morgan fingerprint density at radius 3 is 2.68 bits per heavy atom. The lowest BCUT2D eigenvalue weighted by atomic mass is 9.72. The van der Waals surface area contributed by atoms with E-state index in [4.69, 9.17) is 0 Å². The molecule has 0 aromatic carbocycles. The fourth-order valence-electron chi connectivity index (χ4n) is 4.15. The molecule has 3 heterocycles. The van der Waals surface area contributed by atoms with E-state index in [1.165, 1.54) is 51.9 Å².